The standard InChI is InChI=1S/C22H26FN3O3/c1-29-20-8-2-17(3-9-20)16-21(27)26-14-12-25(13-15-26)11-10-24-22(28)18-4-6-19(23)7-5-18/h2-9H,10-16H2,1H3,(H,24,28). The van der Waals surface area contributed by atoms with Crippen molar-refractivity contribution in [2.24, 2.45) is 0 Å². The highest BCUT2D eigenvalue weighted by molar-refractivity contribution is 5.94. The van der Waals surface area contributed by atoms with Crippen molar-refractivity contribution < 1.29 is 18.7 Å². The first-order valence-corrected chi connectivity index (χ1v) is 9.72. The zero-order valence-corrected chi connectivity index (χ0v) is 16.6. The first-order chi connectivity index (χ1) is 14.0. The number of hydrogen-bond acceptors (Lipinski definition) is 4. The summed E-state index contributed by atoms with van der Waals surface area (Å²) >= 11 is 0. The zero-order chi connectivity index (χ0) is 20.6. The van der Waals surface area contributed by atoms with Gasteiger partial charge in [0.05, 0.1) is 13.5 Å². The monoisotopic (exact) mass is 399 g/mol. The van der Waals surface area contributed by atoms with Crippen molar-refractivity contribution in [3.05, 3.63) is 65.5 Å². The number of rotatable bonds is 7. The molecule has 1 aliphatic rings. The van der Waals surface area contributed by atoms with Gasteiger partial charge >= 0.3 is 0 Å². The lowest BCUT2D eigenvalue weighted by Gasteiger charge is -2.34. The average molecular weight is 399 g/mol. The minimum absolute atomic E-state index is 0.124. The molecular weight excluding hydrogens is 373 g/mol. The fourth-order valence-corrected chi connectivity index (χ4v) is 3.28. The summed E-state index contributed by atoms with van der Waals surface area (Å²) in [5.74, 6) is 0.333. The van der Waals surface area contributed by atoms with Gasteiger partial charge in [-0.3, -0.25) is 14.5 Å². The highest BCUT2D eigenvalue weighted by Gasteiger charge is 2.21. The third kappa shape index (κ3) is 6.02. The molecule has 154 valence electrons. The van der Waals surface area contributed by atoms with Crippen LogP contribution in [-0.2, 0) is 11.2 Å². The molecule has 0 bridgehead atoms. The molecule has 0 aliphatic carbocycles. The van der Waals surface area contributed by atoms with Gasteiger partial charge in [0.15, 0.2) is 0 Å². The van der Waals surface area contributed by atoms with Crippen LogP contribution in [0.25, 0.3) is 0 Å². The molecule has 1 heterocycles. The molecular formula is C22H26FN3O3. The van der Waals surface area contributed by atoms with Crippen molar-refractivity contribution >= 4 is 11.8 Å². The molecule has 0 atom stereocenters. The van der Waals surface area contributed by atoms with E-state index in [0.717, 1.165) is 24.4 Å². The molecule has 7 heteroatoms. The van der Waals surface area contributed by atoms with E-state index in [0.29, 0.717) is 38.2 Å². The van der Waals surface area contributed by atoms with Crippen molar-refractivity contribution in [2.75, 3.05) is 46.4 Å². The van der Waals surface area contributed by atoms with Crippen molar-refractivity contribution in [1.82, 2.24) is 15.1 Å². The quantitative estimate of drug-likeness (QED) is 0.773. The number of ether oxygens (including phenoxy) is 1. The zero-order valence-electron chi connectivity index (χ0n) is 16.6. The maximum absolute atomic E-state index is 12.9. The maximum atomic E-state index is 12.9. The summed E-state index contributed by atoms with van der Waals surface area (Å²) < 4.78 is 18.1. The smallest absolute Gasteiger partial charge is 0.251 e. The molecule has 29 heavy (non-hydrogen) atoms. The summed E-state index contributed by atoms with van der Waals surface area (Å²) in [5.41, 5.74) is 1.42. The molecule has 3 rings (SSSR count). The molecule has 0 spiro atoms. The highest BCUT2D eigenvalue weighted by atomic mass is 19.1. The van der Waals surface area contributed by atoms with Gasteiger partial charge in [0.25, 0.3) is 5.91 Å². The molecule has 0 unspecified atom stereocenters. The van der Waals surface area contributed by atoms with E-state index in [9.17, 15) is 14.0 Å². The number of nitrogens with one attached hydrogen (secondary N) is 1. The number of nitrogens with zero attached hydrogens (tertiary/aromatic N) is 2. The van der Waals surface area contributed by atoms with Gasteiger partial charge in [0.1, 0.15) is 11.6 Å². The van der Waals surface area contributed by atoms with E-state index in [4.69, 9.17) is 4.74 Å². The summed E-state index contributed by atoms with van der Waals surface area (Å²) in [6, 6.07) is 13.0. The molecule has 0 aromatic heterocycles. The molecule has 6 nitrogen and oxygen atoms in total. The van der Waals surface area contributed by atoms with Gasteiger partial charge in [-0.1, -0.05) is 12.1 Å². The number of halogens is 1. The van der Waals surface area contributed by atoms with E-state index in [1.807, 2.05) is 29.2 Å². The second-order valence-electron chi connectivity index (χ2n) is 7.01. The predicted molar refractivity (Wildman–Crippen MR) is 108 cm³/mol. The van der Waals surface area contributed by atoms with Crippen molar-refractivity contribution in [3.63, 3.8) is 0 Å². The molecule has 1 N–H and O–H groups in total. The van der Waals surface area contributed by atoms with E-state index in [1.54, 1.807) is 7.11 Å². The average Bonchev–Trinajstić information content (AvgIpc) is 2.75. The lowest BCUT2D eigenvalue weighted by molar-refractivity contribution is -0.132. The fourth-order valence-electron chi connectivity index (χ4n) is 3.28. The van der Waals surface area contributed by atoms with E-state index >= 15 is 0 Å². The summed E-state index contributed by atoms with van der Waals surface area (Å²) in [6.07, 6.45) is 0.387. The highest BCUT2D eigenvalue weighted by Crippen LogP contribution is 2.13. The van der Waals surface area contributed by atoms with Crippen LogP contribution in [0.15, 0.2) is 48.5 Å². The number of benzene rings is 2. The number of amides is 2. The van der Waals surface area contributed by atoms with Gasteiger partial charge in [-0.05, 0) is 42.0 Å². The largest absolute Gasteiger partial charge is 0.497 e. The van der Waals surface area contributed by atoms with Crippen molar-refractivity contribution in [2.45, 2.75) is 6.42 Å². The third-order valence-corrected chi connectivity index (χ3v) is 5.06. The van der Waals surface area contributed by atoms with Crippen LogP contribution < -0.4 is 10.1 Å². The van der Waals surface area contributed by atoms with Crippen LogP contribution in [-0.4, -0.2) is 68.0 Å². The van der Waals surface area contributed by atoms with Gasteiger partial charge in [-0.15, -0.1) is 0 Å². The second kappa shape index (κ2) is 10.0. The SMILES string of the molecule is COc1ccc(CC(=O)N2CCN(CCNC(=O)c3ccc(F)cc3)CC2)cc1. The van der Waals surface area contributed by atoms with Gasteiger partial charge < -0.3 is 15.0 Å². The summed E-state index contributed by atoms with van der Waals surface area (Å²) in [4.78, 5) is 28.7. The first-order valence-electron chi connectivity index (χ1n) is 9.72. The third-order valence-electron chi connectivity index (χ3n) is 5.06. The summed E-state index contributed by atoms with van der Waals surface area (Å²) in [5, 5.41) is 2.85. The van der Waals surface area contributed by atoms with E-state index in [1.165, 1.54) is 24.3 Å². The summed E-state index contributed by atoms with van der Waals surface area (Å²) in [7, 11) is 1.62. The Hall–Kier alpha value is -2.93. The Balaban J connectivity index is 1.36. The van der Waals surface area contributed by atoms with Crippen LogP contribution >= 0.6 is 0 Å². The number of hydrogen-bond donors (Lipinski definition) is 1. The number of carbonyl (C=O) groups is 2. The normalized spacial score (nSPS) is 14.5. The fraction of sp³-hybridized carbons (Fsp3) is 0.364. The van der Waals surface area contributed by atoms with Gasteiger partial charge in [0, 0.05) is 44.8 Å². The van der Waals surface area contributed by atoms with Crippen LogP contribution in [0, 0.1) is 5.82 Å². The summed E-state index contributed by atoms with van der Waals surface area (Å²) in [6.45, 7) is 4.15. The molecule has 1 fully saturated rings. The Labute approximate surface area is 170 Å². The lowest BCUT2D eigenvalue weighted by atomic mass is 10.1. The Bertz CT molecular complexity index is 816. The molecule has 1 aliphatic heterocycles. The van der Waals surface area contributed by atoms with Crippen molar-refractivity contribution in [3.8, 4) is 5.75 Å². The molecule has 1 saturated heterocycles. The van der Waals surface area contributed by atoms with Crippen molar-refractivity contribution in [1.29, 1.82) is 0 Å². The molecule has 0 radical (unpaired) electrons. The molecule has 2 aromatic rings. The molecule has 2 amide bonds. The van der Waals surface area contributed by atoms with Gasteiger partial charge in [-0.2, -0.15) is 0 Å². The Morgan fingerprint density at radius 1 is 1.00 bits per heavy atom. The van der Waals surface area contributed by atoms with E-state index < -0.39 is 0 Å². The topological polar surface area (TPSA) is 61.9 Å². The van der Waals surface area contributed by atoms with Gasteiger partial charge in [0.2, 0.25) is 5.91 Å². The van der Waals surface area contributed by atoms with E-state index in [-0.39, 0.29) is 17.6 Å². The van der Waals surface area contributed by atoms with Gasteiger partial charge in [-0.25, -0.2) is 4.39 Å². The Morgan fingerprint density at radius 3 is 2.28 bits per heavy atom. The maximum Gasteiger partial charge on any atom is 0.251 e. The number of carbonyl (C=O) groups excluding carboxylic acids is 2. The minimum atomic E-state index is -0.360. The van der Waals surface area contributed by atoms with Crippen LogP contribution in [0.4, 0.5) is 4.39 Å². The van der Waals surface area contributed by atoms with Crippen LogP contribution in [0.1, 0.15) is 15.9 Å². The minimum Gasteiger partial charge on any atom is -0.497 e. The predicted octanol–water partition coefficient (Wildman–Crippen LogP) is 1.95. The second-order valence-corrected chi connectivity index (χ2v) is 7.01. The molecule has 2 aromatic carbocycles. The van der Waals surface area contributed by atoms with Crippen LogP contribution in [0.3, 0.4) is 0 Å². The first kappa shape index (κ1) is 20.8. The Morgan fingerprint density at radius 2 is 1.66 bits per heavy atom. The van der Waals surface area contributed by atoms with E-state index in [2.05, 4.69) is 10.2 Å². The van der Waals surface area contributed by atoms with Crippen LogP contribution in [0.5, 0.6) is 5.75 Å². The Kier molecular flexibility index (Phi) is 7.19. The lowest BCUT2D eigenvalue weighted by Crippen LogP contribution is -2.50. The number of piperazine rings is 1. The number of methoxy groups -OCH3 is 1. The van der Waals surface area contributed by atoms with Crippen LogP contribution in [0.2, 0.25) is 0 Å². The molecule has 0 saturated carbocycles.